The molecule has 8 nitrogen and oxygen atoms in total. The summed E-state index contributed by atoms with van der Waals surface area (Å²) in [5.74, 6) is 0.155. The molecule has 0 aromatic heterocycles. The third-order valence-electron chi connectivity index (χ3n) is 4.39. The minimum absolute atomic E-state index is 0.0103. The van der Waals surface area contributed by atoms with Crippen LogP contribution >= 0.6 is 0 Å². The number of fused-ring (bicyclic) bond motifs is 1. The van der Waals surface area contributed by atoms with Crippen molar-refractivity contribution in [1.29, 1.82) is 0 Å². The first kappa shape index (κ1) is 16.8. The van der Waals surface area contributed by atoms with Gasteiger partial charge in [-0.05, 0) is 49.2 Å². The van der Waals surface area contributed by atoms with Gasteiger partial charge in [0.2, 0.25) is 12.7 Å². The van der Waals surface area contributed by atoms with Crippen LogP contribution in [0.5, 0.6) is 11.5 Å². The number of aliphatic imine (C=N–C) groups is 1. The first-order chi connectivity index (χ1) is 12.9. The summed E-state index contributed by atoms with van der Waals surface area (Å²) in [6.07, 6.45) is 1.32. The molecule has 0 bridgehead atoms. The quantitative estimate of drug-likeness (QED) is 0.358. The van der Waals surface area contributed by atoms with Crippen LogP contribution < -0.4 is 9.47 Å². The average molecular weight is 366 g/mol. The lowest BCUT2D eigenvalue weighted by Crippen LogP contribution is -2.05. The van der Waals surface area contributed by atoms with Gasteiger partial charge >= 0.3 is 5.97 Å². The van der Waals surface area contributed by atoms with Crippen molar-refractivity contribution in [2.24, 2.45) is 4.99 Å². The maximum atomic E-state index is 12.2. The number of nitrogens with zero attached hydrogens (tertiary/aromatic N) is 2. The molecule has 2 aliphatic rings. The number of esters is 1. The Hall–Kier alpha value is -3.68. The number of hydrogen-bond acceptors (Lipinski definition) is 7. The predicted molar refractivity (Wildman–Crippen MR) is 95.7 cm³/mol. The van der Waals surface area contributed by atoms with Gasteiger partial charge in [-0.25, -0.2) is 9.79 Å². The van der Waals surface area contributed by atoms with Gasteiger partial charge in [-0.2, -0.15) is 0 Å². The van der Waals surface area contributed by atoms with Gasteiger partial charge < -0.3 is 14.2 Å². The fraction of sp³-hybridized carbons (Fsp3) is 0.158. The summed E-state index contributed by atoms with van der Waals surface area (Å²) >= 11 is 0. The van der Waals surface area contributed by atoms with Crippen molar-refractivity contribution in [3.63, 3.8) is 0 Å². The minimum Gasteiger partial charge on any atom is -0.454 e. The third kappa shape index (κ3) is 3.01. The zero-order valence-electron chi connectivity index (χ0n) is 14.5. The Balaban J connectivity index is 1.76. The van der Waals surface area contributed by atoms with E-state index in [9.17, 15) is 14.9 Å². The second-order valence-corrected chi connectivity index (χ2v) is 6.16. The van der Waals surface area contributed by atoms with Gasteiger partial charge in [0.25, 0.3) is 5.69 Å². The highest BCUT2D eigenvalue weighted by molar-refractivity contribution is 6.13. The van der Waals surface area contributed by atoms with Crippen molar-refractivity contribution >= 4 is 23.6 Å². The molecule has 0 radical (unpaired) electrons. The number of cyclic esters (lactones) is 1. The highest BCUT2D eigenvalue weighted by atomic mass is 16.7. The van der Waals surface area contributed by atoms with Gasteiger partial charge in [0.1, 0.15) is 0 Å². The highest BCUT2D eigenvalue weighted by Gasteiger charge is 2.27. The van der Waals surface area contributed by atoms with Crippen LogP contribution in [0.25, 0.3) is 6.08 Å². The molecule has 2 aromatic rings. The van der Waals surface area contributed by atoms with E-state index in [4.69, 9.17) is 14.2 Å². The molecule has 0 fully saturated rings. The smallest absolute Gasteiger partial charge is 0.363 e. The second-order valence-electron chi connectivity index (χ2n) is 6.16. The number of benzene rings is 2. The van der Waals surface area contributed by atoms with E-state index in [0.717, 1.165) is 11.1 Å². The van der Waals surface area contributed by atoms with Crippen LogP contribution in [0.15, 0.2) is 41.0 Å². The van der Waals surface area contributed by atoms with Gasteiger partial charge in [0.15, 0.2) is 17.2 Å². The Labute approximate surface area is 153 Å². The molecule has 0 atom stereocenters. The Morgan fingerprint density at radius 3 is 2.56 bits per heavy atom. The maximum Gasteiger partial charge on any atom is 0.363 e. The standard InChI is InChI=1S/C19H14N2O6/c1-10-3-4-12(5-11(10)2)18-20-14(19(22)27-18)6-13-7-16-17(26-9-25-16)8-15(13)21(23)24/h3-8H,9H2,1-2H3/b14-6-. The number of nitro benzene ring substituents is 1. The molecule has 27 heavy (non-hydrogen) atoms. The number of carbonyl (C=O) groups excluding carboxylic acids is 1. The van der Waals surface area contributed by atoms with Crippen LogP contribution in [-0.2, 0) is 9.53 Å². The van der Waals surface area contributed by atoms with E-state index in [1.165, 1.54) is 18.2 Å². The first-order valence-corrected chi connectivity index (χ1v) is 8.10. The van der Waals surface area contributed by atoms with E-state index in [1.54, 1.807) is 6.07 Å². The number of ether oxygens (including phenoxy) is 3. The van der Waals surface area contributed by atoms with Crippen LogP contribution in [0.4, 0.5) is 5.69 Å². The fourth-order valence-electron chi connectivity index (χ4n) is 2.78. The molecular formula is C19H14N2O6. The molecule has 0 saturated carbocycles. The van der Waals surface area contributed by atoms with Gasteiger partial charge in [0, 0.05) is 5.56 Å². The predicted octanol–water partition coefficient (Wildman–Crippen LogP) is 3.28. The largest absolute Gasteiger partial charge is 0.454 e. The zero-order valence-corrected chi connectivity index (χ0v) is 14.5. The number of aryl methyl sites for hydroxylation is 2. The highest BCUT2D eigenvalue weighted by Crippen LogP contribution is 2.39. The Morgan fingerprint density at radius 1 is 1.11 bits per heavy atom. The van der Waals surface area contributed by atoms with Gasteiger partial charge in [-0.1, -0.05) is 6.07 Å². The topological polar surface area (TPSA) is 100 Å². The van der Waals surface area contributed by atoms with E-state index >= 15 is 0 Å². The molecule has 0 spiro atoms. The normalized spacial score (nSPS) is 16.4. The molecule has 2 aliphatic heterocycles. The first-order valence-electron chi connectivity index (χ1n) is 8.10. The molecule has 2 heterocycles. The van der Waals surface area contributed by atoms with Crippen LogP contribution in [0.1, 0.15) is 22.3 Å². The van der Waals surface area contributed by atoms with E-state index in [1.807, 2.05) is 26.0 Å². The SMILES string of the molecule is Cc1ccc(C2=N/C(=C\c3cc4c(cc3[N+](=O)[O-])OCO4)C(=O)O2)cc1C. The van der Waals surface area contributed by atoms with Crippen molar-refractivity contribution in [3.05, 3.63) is 68.4 Å². The molecule has 0 saturated heterocycles. The lowest BCUT2D eigenvalue weighted by atomic mass is 10.1. The maximum absolute atomic E-state index is 12.2. The van der Waals surface area contributed by atoms with Crippen molar-refractivity contribution in [2.75, 3.05) is 6.79 Å². The molecule has 0 N–H and O–H groups in total. The summed E-state index contributed by atoms with van der Waals surface area (Å²) in [4.78, 5) is 27.2. The monoisotopic (exact) mass is 366 g/mol. The molecule has 4 rings (SSSR count). The van der Waals surface area contributed by atoms with E-state index in [-0.39, 0.29) is 35.4 Å². The molecule has 136 valence electrons. The van der Waals surface area contributed by atoms with E-state index in [2.05, 4.69) is 4.99 Å². The summed E-state index contributed by atoms with van der Waals surface area (Å²) in [6, 6.07) is 8.30. The van der Waals surface area contributed by atoms with Crippen molar-refractivity contribution < 1.29 is 23.9 Å². The molecule has 2 aromatic carbocycles. The third-order valence-corrected chi connectivity index (χ3v) is 4.39. The Bertz CT molecular complexity index is 1050. The Kier molecular flexibility index (Phi) is 3.88. The lowest BCUT2D eigenvalue weighted by molar-refractivity contribution is -0.385. The summed E-state index contributed by atoms with van der Waals surface area (Å²) in [5.41, 5.74) is 2.75. The van der Waals surface area contributed by atoms with Crippen LogP contribution in [0.2, 0.25) is 0 Å². The van der Waals surface area contributed by atoms with Crippen molar-refractivity contribution in [1.82, 2.24) is 0 Å². The average Bonchev–Trinajstić information content (AvgIpc) is 3.23. The molecule has 0 aliphatic carbocycles. The summed E-state index contributed by atoms with van der Waals surface area (Å²) in [5, 5.41) is 11.4. The fourth-order valence-corrected chi connectivity index (χ4v) is 2.78. The van der Waals surface area contributed by atoms with Gasteiger partial charge in [-0.3, -0.25) is 10.1 Å². The minimum atomic E-state index is -0.671. The van der Waals surface area contributed by atoms with Crippen molar-refractivity contribution in [3.8, 4) is 11.5 Å². The van der Waals surface area contributed by atoms with Gasteiger partial charge in [0.05, 0.1) is 16.6 Å². The number of carbonyl (C=O) groups is 1. The summed E-state index contributed by atoms with van der Waals surface area (Å²) < 4.78 is 15.7. The van der Waals surface area contributed by atoms with Crippen molar-refractivity contribution in [2.45, 2.75) is 13.8 Å². The zero-order chi connectivity index (χ0) is 19.1. The molecule has 8 heteroatoms. The van der Waals surface area contributed by atoms with E-state index in [0.29, 0.717) is 11.3 Å². The number of nitro groups is 1. The Morgan fingerprint density at radius 2 is 1.85 bits per heavy atom. The van der Waals surface area contributed by atoms with Crippen LogP contribution in [0, 0.1) is 24.0 Å². The number of rotatable bonds is 3. The van der Waals surface area contributed by atoms with E-state index < -0.39 is 10.9 Å². The summed E-state index contributed by atoms with van der Waals surface area (Å²) in [6.45, 7) is 3.91. The summed E-state index contributed by atoms with van der Waals surface area (Å²) in [7, 11) is 0. The second kappa shape index (κ2) is 6.24. The van der Waals surface area contributed by atoms with Crippen LogP contribution in [-0.4, -0.2) is 23.6 Å². The van der Waals surface area contributed by atoms with Gasteiger partial charge in [-0.15, -0.1) is 0 Å². The number of hydrogen-bond donors (Lipinski definition) is 0. The molecule has 0 unspecified atom stereocenters. The molecular weight excluding hydrogens is 352 g/mol. The van der Waals surface area contributed by atoms with Crippen LogP contribution in [0.3, 0.4) is 0 Å². The lowest BCUT2D eigenvalue weighted by Gasteiger charge is -2.03. The molecule has 0 amide bonds.